The van der Waals surface area contributed by atoms with Gasteiger partial charge in [-0.05, 0) is 42.7 Å². The van der Waals surface area contributed by atoms with Crippen LogP contribution in [0, 0.1) is 13.8 Å². The predicted molar refractivity (Wildman–Crippen MR) is 83.8 cm³/mol. The van der Waals surface area contributed by atoms with E-state index in [-0.39, 0.29) is 6.04 Å². The van der Waals surface area contributed by atoms with Crippen LogP contribution in [0.25, 0.3) is 0 Å². The minimum absolute atomic E-state index is 0.115. The molecule has 0 radical (unpaired) electrons. The SMILES string of the molecule is Cc1cccc(C(N)c2cc(Br)c(C)cc2Br)c1. The first-order chi connectivity index (χ1) is 8.49. The Morgan fingerprint density at radius 2 is 1.72 bits per heavy atom. The molecule has 94 valence electrons. The zero-order valence-electron chi connectivity index (χ0n) is 10.4. The Morgan fingerprint density at radius 1 is 1.00 bits per heavy atom. The quantitative estimate of drug-likeness (QED) is 0.803. The average Bonchev–Trinajstić information content (AvgIpc) is 2.33. The van der Waals surface area contributed by atoms with Crippen molar-refractivity contribution < 1.29 is 0 Å². The van der Waals surface area contributed by atoms with Crippen LogP contribution in [0.15, 0.2) is 45.3 Å². The molecular formula is C15H15Br2N. The van der Waals surface area contributed by atoms with E-state index < -0.39 is 0 Å². The van der Waals surface area contributed by atoms with Crippen molar-refractivity contribution in [1.29, 1.82) is 0 Å². The highest BCUT2D eigenvalue weighted by molar-refractivity contribution is 9.11. The third kappa shape index (κ3) is 2.85. The first-order valence-electron chi connectivity index (χ1n) is 5.76. The summed E-state index contributed by atoms with van der Waals surface area (Å²) < 4.78 is 2.14. The summed E-state index contributed by atoms with van der Waals surface area (Å²) in [7, 11) is 0. The van der Waals surface area contributed by atoms with Gasteiger partial charge in [0, 0.05) is 8.95 Å². The molecule has 0 amide bonds. The monoisotopic (exact) mass is 367 g/mol. The van der Waals surface area contributed by atoms with Gasteiger partial charge in [-0.2, -0.15) is 0 Å². The summed E-state index contributed by atoms with van der Waals surface area (Å²) in [6, 6.07) is 12.4. The highest BCUT2D eigenvalue weighted by Crippen LogP contribution is 2.31. The average molecular weight is 369 g/mol. The van der Waals surface area contributed by atoms with Gasteiger partial charge in [0.1, 0.15) is 0 Å². The van der Waals surface area contributed by atoms with Crippen molar-refractivity contribution in [3.8, 4) is 0 Å². The van der Waals surface area contributed by atoms with E-state index in [9.17, 15) is 0 Å². The van der Waals surface area contributed by atoms with Crippen molar-refractivity contribution in [2.24, 2.45) is 5.73 Å². The molecular weight excluding hydrogens is 354 g/mol. The van der Waals surface area contributed by atoms with E-state index in [4.69, 9.17) is 5.73 Å². The molecule has 0 aliphatic rings. The molecule has 0 aromatic heterocycles. The van der Waals surface area contributed by atoms with Gasteiger partial charge in [0.25, 0.3) is 0 Å². The Labute approximate surface area is 125 Å². The molecule has 0 spiro atoms. The lowest BCUT2D eigenvalue weighted by molar-refractivity contribution is 0.862. The van der Waals surface area contributed by atoms with Gasteiger partial charge in [0.05, 0.1) is 6.04 Å². The molecule has 0 bridgehead atoms. The molecule has 1 nitrogen and oxygen atoms in total. The summed E-state index contributed by atoms with van der Waals surface area (Å²) in [5.41, 5.74) is 11.0. The highest BCUT2D eigenvalue weighted by atomic mass is 79.9. The number of hydrogen-bond acceptors (Lipinski definition) is 1. The van der Waals surface area contributed by atoms with Gasteiger partial charge in [-0.3, -0.25) is 0 Å². The lowest BCUT2D eigenvalue weighted by Crippen LogP contribution is -2.12. The van der Waals surface area contributed by atoms with Crippen molar-refractivity contribution in [3.63, 3.8) is 0 Å². The highest BCUT2D eigenvalue weighted by Gasteiger charge is 2.14. The Morgan fingerprint density at radius 3 is 2.39 bits per heavy atom. The summed E-state index contributed by atoms with van der Waals surface area (Å²) in [4.78, 5) is 0. The van der Waals surface area contributed by atoms with Gasteiger partial charge in [-0.1, -0.05) is 61.7 Å². The summed E-state index contributed by atoms with van der Waals surface area (Å²) in [5.74, 6) is 0. The predicted octanol–water partition coefficient (Wildman–Crippen LogP) is 4.88. The Hall–Kier alpha value is -0.640. The molecule has 2 N–H and O–H groups in total. The number of nitrogens with two attached hydrogens (primary N) is 1. The van der Waals surface area contributed by atoms with Crippen molar-refractivity contribution in [1.82, 2.24) is 0 Å². The van der Waals surface area contributed by atoms with E-state index >= 15 is 0 Å². The van der Waals surface area contributed by atoms with E-state index in [1.807, 2.05) is 6.07 Å². The van der Waals surface area contributed by atoms with Crippen molar-refractivity contribution in [3.05, 3.63) is 67.6 Å². The van der Waals surface area contributed by atoms with Crippen LogP contribution >= 0.6 is 31.9 Å². The van der Waals surface area contributed by atoms with E-state index in [0.717, 1.165) is 20.1 Å². The van der Waals surface area contributed by atoms with Crippen LogP contribution in [0.1, 0.15) is 28.3 Å². The van der Waals surface area contributed by atoms with Crippen LogP contribution in [0.4, 0.5) is 0 Å². The summed E-state index contributed by atoms with van der Waals surface area (Å²) >= 11 is 7.16. The van der Waals surface area contributed by atoms with Gasteiger partial charge in [-0.25, -0.2) is 0 Å². The largest absolute Gasteiger partial charge is 0.320 e. The van der Waals surface area contributed by atoms with Crippen LogP contribution in [0.2, 0.25) is 0 Å². The van der Waals surface area contributed by atoms with Crippen LogP contribution < -0.4 is 5.73 Å². The lowest BCUT2D eigenvalue weighted by atomic mass is 9.97. The first kappa shape index (κ1) is 13.8. The van der Waals surface area contributed by atoms with Crippen LogP contribution in [-0.4, -0.2) is 0 Å². The molecule has 2 aromatic rings. The zero-order chi connectivity index (χ0) is 13.3. The maximum absolute atomic E-state index is 6.35. The smallest absolute Gasteiger partial charge is 0.0563 e. The van der Waals surface area contributed by atoms with E-state index in [1.54, 1.807) is 0 Å². The molecule has 1 unspecified atom stereocenters. The fourth-order valence-electron chi connectivity index (χ4n) is 1.94. The Kier molecular flexibility index (Phi) is 4.25. The molecule has 2 aromatic carbocycles. The third-order valence-electron chi connectivity index (χ3n) is 3.01. The molecule has 18 heavy (non-hydrogen) atoms. The normalized spacial score (nSPS) is 12.5. The standard InChI is InChI=1S/C15H15Br2N/c1-9-4-3-5-11(6-9)15(18)12-8-13(16)10(2)7-14(12)17/h3-8,15H,18H2,1-2H3. The fraction of sp³-hybridized carbons (Fsp3) is 0.200. The molecule has 2 rings (SSSR count). The van der Waals surface area contributed by atoms with Crippen LogP contribution in [-0.2, 0) is 0 Å². The molecule has 0 saturated heterocycles. The van der Waals surface area contributed by atoms with Crippen molar-refractivity contribution in [2.75, 3.05) is 0 Å². The second-order valence-electron chi connectivity index (χ2n) is 4.51. The van der Waals surface area contributed by atoms with E-state index in [0.29, 0.717) is 0 Å². The zero-order valence-corrected chi connectivity index (χ0v) is 13.5. The first-order valence-corrected chi connectivity index (χ1v) is 7.35. The summed E-state index contributed by atoms with van der Waals surface area (Å²) in [6.45, 7) is 4.15. The van der Waals surface area contributed by atoms with Gasteiger partial charge in [-0.15, -0.1) is 0 Å². The number of aryl methyl sites for hydroxylation is 2. The molecule has 0 saturated carbocycles. The van der Waals surface area contributed by atoms with Crippen LogP contribution in [0.3, 0.4) is 0 Å². The Balaban J connectivity index is 2.46. The fourth-order valence-corrected chi connectivity index (χ4v) is 3.01. The summed E-state index contributed by atoms with van der Waals surface area (Å²) in [5, 5.41) is 0. The topological polar surface area (TPSA) is 26.0 Å². The number of halogens is 2. The number of hydrogen-bond donors (Lipinski definition) is 1. The Bertz CT molecular complexity index is 579. The van der Waals surface area contributed by atoms with Gasteiger partial charge in [0.15, 0.2) is 0 Å². The maximum atomic E-state index is 6.35. The minimum Gasteiger partial charge on any atom is -0.320 e. The molecule has 0 fully saturated rings. The molecule has 1 atom stereocenters. The van der Waals surface area contributed by atoms with Crippen molar-refractivity contribution >= 4 is 31.9 Å². The molecule has 3 heteroatoms. The van der Waals surface area contributed by atoms with Gasteiger partial charge < -0.3 is 5.73 Å². The number of benzene rings is 2. The lowest BCUT2D eigenvalue weighted by Gasteiger charge is -2.16. The van der Waals surface area contributed by atoms with Gasteiger partial charge in [0.2, 0.25) is 0 Å². The minimum atomic E-state index is -0.115. The summed E-state index contributed by atoms with van der Waals surface area (Å²) in [6.07, 6.45) is 0. The maximum Gasteiger partial charge on any atom is 0.0563 e. The second-order valence-corrected chi connectivity index (χ2v) is 6.22. The molecule has 0 aliphatic heterocycles. The molecule has 0 aliphatic carbocycles. The van der Waals surface area contributed by atoms with Crippen LogP contribution in [0.5, 0.6) is 0 Å². The number of rotatable bonds is 2. The van der Waals surface area contributed by atoms with Crippen molar-refractivity contribution in [2.45, 2.75) is 19.9 Å². The van der Waals surface area contributed by atoms with E-state index in [1.165, 1.54) is 11.1 Å². The van der Waals surface area contributed by atoms with E-state index in [2.05, 4.69) is 76.0 Å². The van der Waals surface area contributed by atoms with Gasteiger partial charge >= 0.3 is 0 Å². The third-order valence-corrected chi connectivity index (χ3v) is 4.56. The second kappa shape index (κ2) is 5.55. The molecule has 0 heterocycles.